The second-order valence-electron chi connectivity index (χ2n) is 6.49. The summed E-state index contributed by atoms with van der Waals surface area (Å²) < 4.78 is 5.32. The minimum Gasteiger partial charge on any atom is -0.466 e. The van der Waals surface area contributed by atoms with Gasteiger partial charge in [0.25, 0.3) is 0 Å². The molecule has 0 amide bonds. The highest BCUT2D eigenvalue weighted by Crippen LogP contribution is 2.20. The summed E-state index contributed by atoms with van der Waals surface area (Å²) in [7, 11) is 1.78. The molecule has 6 nitrogen and oxygen atoms in total. The quantitative estimate of drug-likeness (QED) is 0.629. The van der Waals surface area contributed by atoms with Crippen molar-refractivity contribution in [3.05, 3.63) is 46.5 Å². The van der Waals surface area contributed by atoms with E-state index in [2.05, 4.69) is 37.6 Å². The topological polar surface area (TPSA) is 64.2 Å². The van der Waals surface area contributed by atoms with Crippen molar-refractivity contribution >= 4 is 17.3 Å². The smallest absolute Gasteiger partial charge is 0.193 e. The Bertz CT molecular complexity index is 659. The molecule has 2 aromatic rings. The molecule has 25 heavy (non-hydrogen) atoms. The number of aliphatic imine (C=N–C) groups is 1. The Morgan fingerprint density at radius 2 is 2.12 bits per heavy atom. The number of guanidine groups is 1. The molecule has 0 bridgehead atoms. The molecule has 0 aromatic carbocycles. The second-order valence-corrected chi connectivity index (χ2v) is 7.53. The first-order valence-corrected chi connectivity index (χ1v) is 9.43. The molecule has 1 atom stereocenters. The molecule has 136 valence electrons. The zero-order valence-corrected chi connectivity index (χ0v) is 15.6. The maximum Gasteiger partial charge on any atom is 0.193 e. The maximum absolute atomic E-state index is 10.6. The molecular formula is C18H26N4O2S. The predicted octanol–water partition coefficient (Wildman–Crippen LogP) is 1.94. The van der Waals surface area contributed by atoms with Gasteiger partial charge in [-0.25, -0.2) is 0 Å². The number of hydrogen-bond donors (Lipinski definition) is 2. The fraction of sp³-hybridized carbons (Fsp3) is 0.500. The number of hydrogen-bond acceptors (Lipinski definition) is 5. The van der Waals surface area contributed by atoms with Crippen LogP contribution in [0.25, 0.3) is 0 Å². The molecule has 0 saturated carbocycles. The van der Waals surface area contributed by atoms with Gasteiger partial charge in [0, 0.05) is 44.6 Å². The van der Waals surface area contributed by atoms with Crippen LogP contribution in [0, 0.1) is 0 Å². The lowest BCUT2D eigenvalue weighted by molar-refractivity contribution is 0.0376. The van der Waals surface area contributed by atoms with Crippen LogP contribution in [0.15, 0.2) is 45.3 Å². The van der Waals surface area contributed by atoms with E-state index in [0.29, 0.717) is 12.3 Å². The van der Waals surface area contributed by atoms with Gasteiger partial charge in [-0.05, 0) is 30.5 Å². The van der Waals surface area contributed by atoms with Crippen molar-refractivity contribution in [2.75, 3.05) is 39.8 Å². The van der Waals surface area contributed by atoms with Crippen molar-refractivity contribution in [2.24, 2.45) is 4.99 Å². The molecule has 0 spiro atoms. The highest BCUT2D eigenvalue weighted by molar-refractivity contribution is 7.09. The first kappa shape index (κ1) is 18.0. The van der Waals surface area contributed by atoms with Crippen LogP contribution in [0.1, 0.15) is 17.6 Å². The first-order valence-electron chi connectivity index (χ1n) is 8.55. The van der Waals surface area contributed by atoms with E-state index < -0.39 is 5.60 Å². The Hall–Kier alpha value is -1.83. The second kappa shape index (κ2) is 8.03. The Morgan fingerprint density at radius 3 is 2.72 bits per heavy atom. The minimum atomic E-state index is -1.07. The van der Waals surface area contributed by atoms with Crippen LogP contribution in [-0.4, -0.2) is 60.6 Å². The van der Waals surface area contributed by atoms with E-state index >= 15 is 0 Å². The van der Waals surface area contributed by atoms with Crippen molar-refractivity contribution in [1.82, 2.24) is 15.1 Å². The Labute approximate surface area is 152 Å². The number of piperazine rings is 1. The predicted molar refractivity (Wildman–Crippen MR) is 101 cm³/mol. The number of thiophene rings is 1. The molecule has 2 aromatic heterocycles. The van der Waals surface area contributed by atoms with Crippen molar-refractivity contribution in [2.45, 2.75) is 19.1 Å². The van der Waals surface area contributed by atoms with E-state index in [1.165, 1.54) is 4.88 Å². The monoisotopic (exact) mass is 362 g/mol. The lowest BCUT2D eigenvalue weighted by atomic mass is 10.0. The number of nitrogens with zero attached hydrogens (tertiary/aromatic N) is 3. The average molecular weight is 362 g/mol. The van der Waals surface area contributed by atoms with E-state index in [1.54, 1.807) is 32.4 Å². The standard InChI is InChI=1S/C18H26N4O2S/c1-18(23,16-6-3-11-24-16)14-20-17(19-2)22-9-7-21(8-10-22)13-15-5-4-12-25-15/h3-6,11-12,23H,7-10,13-14H2,1-2H3,(H,19,20). The molecule has 7 heteroatoms. The van der Waals surface area contributed by atoms with Crippen LogP contribution < -0.4 is 5.32 Å². The third-order valence-electron chi connectivity index (χ3n) is 4.49. The van der Waals surface area contributed by atoms with Crippen LogP contribution >= 0.6 is 11.3 Å². The van der Waals surface area contributed by atoms with Crippen molar-refractivity contribution in [1.29, 1.82) is 0 Å². The summed E-state index contributed by atoms with van der Waals surface area (Å²) in [6, 6.07) is 7.86. The molecule has 3 heterocycles. The lowest BCUT2D eigenvalue weighted by Crippen LogP contribution is -2.53. The molecule has 3 rings (SSSR count). The molecule has 2 N–H and O–H groups in total. The van der Waals surface area contributed by atoms with E-state index in [4.69, 9.17) is 4.42 Å². The maximum atomic E-state index is 10.6. The summed E-state index contributed by atoms with van der Waals surface area (Å²) in [6.07, 6.45) is 1.57. The van der Waals surface area contributed by atoms with Gasteiger partial charge >= 0.3 is 0 Å². The summed E-state index contributed by atoms with van der Waals surface area (Å²) in [5, 5.41) is 16.0. The highest BCUT2D eigenvalue weighted by atomic mass is 32.1. The average Bonchev–Trinajstić information content (AvgIpc) is 3.30. The van der Waals surface area contributed by atoms with Crippen LogP contribution in [0.5, 0.6) is 0 Å². The van der Waals surface area contributed by atoms with E-state index in [9.17, 15) is 5.11 Å². The van der Waals surface area contributed by atoms with Gasteiger partial charge < -0.3 is 19.7 Å². The van der Waals surface area contributed by atoms with E-state index in [1.807, 2.05) is 11.3 Å². The molecule has 0 radical (unpaired) electrons. The third-order valence-corrected chi connectivity index (χ3v) is 5.35. The van der Waals surface area contributed by atoms with E-state index in [0.717, 1.165) is 38.7 Å². The van der Waals surface area contributed by atoms with E-state index in [-0.39, 0.29) is 0 Å². The fourth-order valence-electron chi connectivity index (χ4n) is 3.00. The van der Waals surface area contributed by atoms with Crippen LogP contribution in [-0.2, 0) is 12.1 Å². The fourth-order valence-corrected chi connectivity index (χ4v) is 3.74. The zero-order valence-electron chi connectivity index (χ0n) is 14.8. The summed E-state index contributed by atoms with van der Waals surface area (Å²) in [4.78, 5) is 10.5. The number of furan rings is 1. The Kier molecular flexibility index (Phi) is 5.78. The molecular weight excluding hydrogens is 336 g/mol. The molecule has 1 aliphatic rings. The summed E-state index contributed by atoms with van der Waals surface area (Å²) >= 11 is 1.81. The third kappa shape index (κ3) is 4.62. The number of rotatable bonds is 5. The normalized spacial score (nSPS) is 19.0. The summed E-state index contributed by atoms with van der Waals surface area (Å²) in [6.45, 7) is 6.97. The van der Waals surface area contributed by atoms with Crippen molar-refractivity contribution < 1.29 is 9.52 Å². The van der Waals surface area contributed by atoms with Gasteiger partial charge in [-0.2, -0.15) is 0 Å². The van der Waals surface area contributed by atoms with Gasteiger partial charge in [0.2, 0.25) is 0 Å². The highest BCUT2D eigenvalue weighted by Gasteiger charge is 2.28. The number of aliphatic hydroxyl groups is 1. The minimum absolute atomic E-state index is 0.350. The first-order chi connectivity index (χ1) is 12.1. The Balaban J connectivity index is 1.49. The number of nitrogens with one attached hydrogen (secondary N) is 1. The van der Waals surface area contributed by atoms with Crippen molar-refractivity contribution in [3.8, 4) is 0 Å². The molecule has 1 fully saturated rings. The largest absolute Gasteiger partial charge is 0.466 e. The summed E-state index contributed by atoms with van der Waals surface area (Å²) in [5.74, 6) is 1.37. The van der Waals surface area contributed by atoms with Crippen LogP contribution in [0.2, 0.25) is 0 Å². The van der Waals surface area contributed by atoms with Gasteiger partial charge in [0.15, 0.2) is 5.96 Å². The van der Waals surface area contributed by atoms with Crippen LogP contribution in [0.3, 0.4) is 0 Å². The molecule has 1 aliphatic heterocycles. The van der Waals surface area contributed by atoms with Gasteiger partial charge in [-0.15, -0.1) is 11.3 Å². The SMILES string of the molecule is CN=C(NCC(C)(O)c1ccco1)N1CCN(Cc2cccs2)CC1. The molecule has 0 aliphatic carbocycles. The molecule has 1 saturated heterocycles. The lowest BCUT2D eigenvalue weighted by Gasteiger charge is -2.37. The zero-order chi connectivity index (χ0) is 17.7. The molecule has 1 unspecified atom stereocenters. The van der Waals surface area contributed by atoms with Crippen molar-refractivity contribution in [3.63, 3.8) is 0 Å². The van der Waals surface area contributed by atoms with Crippen LogP contribution in [0.4, 0.5) is 0 Å². The van der Waals surface area contributed by atoms with Gasteiger partial charge in [0.05, 0.1) is 12.8 Å². The summed E-state index contributed by atoms with van der Waals surface area (Å²) in [5.41, 5.74) is -1.07. The van der Waals surface area contributed by atoms with Gasteiger partial charge in [-0.3, -0.25) is 9.89 Å². The Morgan fingerprint density at radius 1 is 1.32 bits per heavy atom. The van der Waals surface area contributed by atoms with Gasteiger partial charge in [-0.1, -0.05) is 6.07 Å². The van der Waals surface area contributed by atoms with Gasteiger partial charge in [0.1, 0.15) is 11.4 Å².